The molecule has 3 amide bonds. The summed E-state index contributed by atoms with van der Waals surface area (Å²) in [6, 6.07) is 5.40. The lowest BCUT2D eigenvalue weighted by Gasteiger charge is -2.44. The molecule has 1 fully saturated rings. The molecule has 1 aromatic rings. The van der Waals surface area contributed by atoms with Crippen LogP contribution in [0.25, 0.3) is 0 Å². The highest BCUT2D eigenvalue weighted by molar-refractivity contribution is 6.21. The number of carbonyl (C=O) groups excluding carboxylic acids is 7. The zero-order chi connectivity index (χ0) is 31.7. The third kappa shape index (κ3) is 9.08. The summed E-state index contributed by atoms with van der Waals surface area (Å²) in [5.74, 6) is -4.06. The number of nitrogens with zero attached hydrogens (tertiary/aromatic N) is 1. The summed E-state index contributed by atoms with van der Waals surface area (Å²) >= 11 is 0. The standard InChI is InChI=1S/C29H36N2O12/c1-16(32)39-15-22-25(40-17(2)33)26(41-18(3)34)24(29(43-22)42-19(4)35)30-23(36)13-7-5-6-10-14-31-27(37)20-11-8-9-12-21(20)28(31)38/h8-9,11-12,22,24-26,29H,5-7,10,13-15H2,1-4H3,(H,30,36). The number of unbranched alkanes of at least 4 members (excludes halogenated alkanes) is 3. The predicted octanol–water partition coefficient (Wildman–Crippen LogP) is 1.43. The number of amides is 3. The van der Waals surface area contributed by atoms with Gasteiger partial charge in [-0.15, -0.1) is 0 Å². The molecule has 2 heterocycles. The first-order valence-corrected chi connectivity index (χ1v) is 13.9. The molecule has 14 nitrogen and oxygen atoms in total. The minimum atomic E-state index is -1.46. The molecule has 0 spiro atoms. The van der Waals surface area contributed by atoms with Crippen LogP contribution in [0.2, 0.25) is 0 Å². The lowest BCUT2D eigenvalue weighted by atomic mass is 9.95. The van der Waals surface area contributed by atoms with Crippen LogP contribution in [0.5, 0.6) is 0 Å². The number of nitrogens with one attached hydrogen (secondary N) is 1. The molecule has 5 unspecified atom stereocenters. The van der Waals surface area contributed by atoms with Crippen molar-refractivity contribution in [2.75, 3.05) is 13.2 Å². The number of hydrogen-bond acceptors (Lipinski definition) is 12. The zero-order valence-electron chi connectivity index (χ0n) is 24.5. The van der Waals surface area contributed by atoms with E-state index in [2.05, 4.69) is 5.32 Å². The highest BCUT2D eigenvalue weighted by Crippen LogP contribution is 2.28. The monoisotopic (exact) mass is 604 g/mol. The number of esters is 4. The molecule has 43 heavy (non-hydrogen) atoms. The Hall–Kier alpha value is -4.33. The van der Waals surface area contributed by atoms with Crippen LogP contribution in [0.3, 0.4) is 0 Å². The van der Waals surface area contributed by atoms with Gasteiger partial charge in [-0.3, -0.25) is 38.5 Å². The van der Waals surface area contributed by atoms with E-state index < -0.39 is 67.0 Å². The summed E-state index contributed by atoms with van der Waals surface area (Å²) < 4.78 is 26.8. The molecule has 14 heteroatoms. The summed E-state index contributed by atoms with van der Waals surface area (Å²) in [4.78, 5) is 86.3. The molecule has 234 valence electrons. The lowest BCUT2D eigenvalue weighted by molar-refractivity contribution is -0.271. The molecule has 0 aromatic heterocycles. The Morgan fingerprint density at radius 1 is 0.767 bits per heavy atom. The van der Waals surface area contributed by atoms with Gasteiger partial charge in [0, 0.05) is 40.7 Å². The first kappa shape index (κ1) is 33.2. The molecule has 0 aliphatic carbocycles. The maximum absolute atomic E-state index is 12.9. The topological polar surface area (TPSA) is 181 Å². The lowest BCUT2D eigenvalue weighted by Crippen LogP contribution is -2.67. The minimum Gasteiger partial charge on any atom is -0.463 e. The van der Waals surface area contributed by atoms with Gasteiger partial charge in [0.1, 0.15) is 18.8 Å². The van der Waals surface area contributed by atoms with Crippen LogP contribution in [-0.4, -0.2) is 90.3 Å². The van der Waals surface area contributed by atoms with Crippen molar-refractivity contribution in [1.82, 2.24) is 10.2 Å². The molecule has 1 saturated heterocycles. The van der Waals surface area contributed by atoms with E-state index in [1.54, 1.807) is 24.3 Å². The van der Waals surface area contributed by atoms with E-state index in [0.29, 0.717) is 36.8 Å². The van der Waals surface area contributed by atoms with Crippen LogP contribution >= 0.6 is 0 Å². The van der Waals surface area contributed by atoms with Gasteiger partial charge in [0.2, 0.25) is 12.2 Å². The Morgan fingerprint density at radius 2 is 1.33 bits per heavy atom. The quantitative estimate of drug-likeness (QED) is 0.148. The minimum absolute atomic E-state index is 0.0399. The van der Waals surface area contributed by atoms with Crippen molar-refractivity contribution in [3.05, 3.63) is 35.4 Å². The van der Waals surface area contributed by atoms with Gasteiger partial charge in [-0.1, -0.05) is 25.0 Å². The van der Waals surface area contributed by atoms with Crippen molar-refractivity contribution >= 4 is 41.6 Å². The van der Waals surface area contributed by atoms with Gasteiger partial charge >= 0.3 is 23.9 Å². The summed E-state index contributed by atoms with van der Waals surface area (Å²) in [5, 5.41) is 2.66. The maximum Gasteiger partial charge on any atom is 0.305 e. The Labute approximate surface area is 248 Å². The molecule has 0 radical (unpaired) electrons. The van der Waals surface area contributed by atoms with Gasteiger partial charge in [0.05, 0.1) is 11.1 Å². The molecular formula is C29H36N2O12. The summed E-state index contributed by atoms with van der Waals surface area (Å²) in [6.45, 7) is 4.35. The third-order valence-corrected chi connectivity index (χ3v) is 6.72. The highest BCUT2D eigenvalue weighted by Gasteiger charge is 2.52. The fourth-order valence-corrected chi connectivity index (χ4v) is 4.93. The molecule has 1 aromatic carbocycles. The van der Waals surface area contributed by atoms with Crippen LogP contribution in [0, 0.1) is 0 Å². The number of rotatable bonds is 13. The van der Waals surface area contributed by atoms with Crippen LogP contribution < -0.4 is 5.32 Å². The van der Waals surface area contributed by atoms with Gasteiger partial charge < -0.3 is 29.0 Å². The summed E-state index contributed by atoms with van der Waals surface area (Å²) in [7, 11) is 0. The number of imide groups is 1. The van der Waals surface area contributed by atoms with Gasteiger partial charge in [-0.2, -0.15) is 0 Å². The highest BCUT2D eigenvalue weighted by atomic mass is 16.7. The largest absolute Gasteiger partial charge is 0.463 e. The first-order chi connectivity index (χ1) is 20.4. The molecular weight excluding hydrogens is 568 g/mol. The number of hydrogen-bond donors (Lipinski definition) is 1. The van der Waals surface area contributed by atoms with Gasteiger partial charge in [0.25, 0.3) is 11.8 Å². The fourth-order valence-electron chi connectivity index (χ4n) is 4.93. The Balaban J connectivity index is 1.59. The average Bonchev–Trinajstić information content (AvgIpc) is 3.16. The van der Waals surface area contributed by atoms with Crippen LogP contribution in [0.15, 0.2) is 24.3 Å². The Kier molecular flexibility index (Phi) is 11.8. The van der Waals surface area contributed by atoms with Gasteiger partial charge in [-0.05, 0) is 25.0 Å². The smallest absolute Gasteiger partial charge is 0.305 e. The maximum atomic E-state index is 12.9. The van der Waals surface area contributed by atoms with Crippen molar-refractivity contribution in [2.24, 2.45) is 0 Å². The number of fused-ring (bicyclic) bond motifs is 1. The van der Waals surface area contributed by atoms with Crippen LogP contribution in [0.1, 0.15) is 80.5 Å². The van der Waals surface area contributed by atoms with Crippen molar-refractivity contribution in [2.45, 2.75) is 90.4 Å². The number of carbonyl (C=O) groups is 7. The second kappa shape index (κ2) is 15.2. The predicted molar refractivity (Wildman–Crippen MR) is 145 cm³/mol. The molecule has 5 atom stereocenters. The third-order valence-electron chi connectivity index (χ3n) is 6.72. The van der Waals surface area contributed by atoms with Crippen molar-refractivity contribution in [1.29, 1.82) is 0 Å². The zero-order valence-corrected chi connectivity index (χ0v) is 24.5. The SMILES string of the molecule is CC(=O)OCC1OC(OC(C)=O)C(NC(=O)CCCCCCN2C(=O)c3ccccc3C2=O)C(OC(C)=O)C1OC(C)=O. The van der Waals surface area contributed by atoms with Crippen LogP contribution in [-0.2, 0) is 47.7 Å². The second-order valence-electron chi connectivity index (χ2n) is 10.2. The Morgan fingerprint density at radius 3 is 1.88 bits per heavy atom. The van der Waals surface area contributed by atoms with Crippen LogP contribution in [0.4, 0.5) is 0 Å². The molecule has 0 saturated carbocycles. The number of ether oxygens (including phenoxy) is 5. The average molecular weight is 605 g/mol. The van der Waals surface area contributed by atoms with Crippen molar-refractivity contribution in [3.63, 3.8) is 0 Å². The summed E-state index contributed by atoms with van der Waals surface area (Å²) in [6.07, 6.45) is -3.00. The molecule has 0 bridgehead atoms. The molecule has 3 rings (SSSR count). The van der Waals surface area contributed by atoms with E-state index in [4.69, 9.17) is 23.7 Å². The van der Waals surface area contributed by atoms with Crippen molar-refractivity contribution in [3.8, 4) is 0 Å². The molecule has 1 N–H and O–H groups in total. The van der Waals surface area contributed by atoms with Crippen molar-refractivity contribution < 1.29 is 57.2 Å². The van der Waals surface area contributed by atoms with Gasteiger partial charge in [0.15, 0.2) is 12.2 Å². The first-order valence-electron chi connectivity index (χ1n) is 13.9. The van der Waals surface area contributed by atoms with E-state index in [1.807, 2.05) is 0 Å². The van der Waals surface area contributed by atoms with E-state index in [-0.39, 0.29) is 24.8 Å². The normalized spacial score (nSPS) is 22.8. The van der Waals surface area contributed by atoms with E-state index >= 15 is 0 Å². The molecule has 2 aliphatic rings. The van der Waals surface area contributed by atoms with E-state index in [1.165, 1.54) is 4.90 Å². The molecule has 2 aliphatic heterocycles. The fraction of sp³-hybridized carbons (Fsp3) is 0.552. The second-order valence-corrected chi connectivity index (χ2v) is 10.2. The summed E-state index contributed by atoms with van der Waals surface area (Å²) in [5.41, 5.74) is 0.784. The Bertz CT molecular complexity index is 1210. The van der Waals surface area contributed by atoms with Gasteiger partial charge in [-0.25, -0.2) is 0 Å². The van der Waals surface area contributed by atoms with E-state index in [9.17, 15) is 33.6 Å². The van der Waals surface area contributed by atoms with E-state index in [0.717, 1.165) is 27.7 Å². The number of benzene rings is 1.